The molecule has 0 N–H and O–H groups in total. The Balaban J connectivity index is 1.71. The molecule has 1 fully saturated rings. The molecule has 0 unspecified atom stereocenters. The summed E-state index contributed by atoms with van der Waals surface area (Å²) in [7, 11) is 0. The van der Waals surface area contributed by atoms with Crippen LogP contribution in [-0.2, 0) is 0 Å². The maximum absolute atomic E-state index is 14.6. The SMILES string of the molecule is C=CC(=O)c1ccc(OC(=O)c2c(F)cc(C3CCC(CCC)CC3)cc2F)cc1. The van der Waals surface area contributed by atoms with Gasteiger partial charge in [0.05, 0.1) is 0 Å². The number of ether oxygens (including phenoxy) is 1. The van der Waals surface area contributed by atoms with Crippen LogP contribution in [0.3, 0.4) is 0 Å². The van der Waals surface area contributed by atoms with Gasteiger partial charge in [0.25, 0.3) is 0 Å². The molecule has 0 radical (unpaired) electrons. The number of esters is 1. The van der Waals surface area contributed by atoms with Crippen molar-refractivity contribution in [2.75, 3.05) is 0 Å². The molecule has 0 spiro atoms. The summed E-state index contributed by atoms with van der Waals surface area (Å²) in [5.74, 6) is -2.30. The molecule has 2 aromatic rings. The standard InChI is InChI=1S/C25H26F2O3/c1-3-5-16-6-8-17(9-7-16)19-14-21(26)24(22(27)15-19)25(29)30-20-12-10-18(11-13-20)23(28)4-2/h4,10-17H,2-3,5-9H2,1H3. The predicted octanol–water partition coefficient (Wildman–Crippen LogP) is 6.63. The normalized spacial score (nSPS) is 18.6. The Hall–Kier alpha value is -2.82. The van der Waals surface area contributed by atoms with E-state index in [-0.39, 0.29) is 17.5 Å². The van der Waals surface area contributed by atoms with Gasteiger partial charge in [0.15, 0.2) is 5.78 Å². The third-order valence-electron chi connectivity index (χ3n) is 5.82. The summed E-state index contributed by atoms with van der Waals surface area (Å²) in [6.07, 6.45) is 7.47. The number of rotatable bonds is 7. The molecule has 3 nitrogen and oxygen atoms in total. The van der Waals surface area contributed by atoms with Crippen LogP contribution in [-0.4, -0.2) is 11.8 Å². The third kappa shape index (κ3) is 5.02. The molecule has 0 amide bonds. The number of carbonyl (C=O) groups excluding carboxylic acids is 2. The van der Waals surface area contributed by atoms with Crippen LogP contribution in [0.25, 0.3) is 0 Å². The largest absolute Gasteiger partial charge is 0.423 e. The van der Waals surface area contributed by atoms with Crippen LogP contribution in [0.4, 0.5) is 8.78 Å². The van der Waals surface area contributed by atoms with E-state index in [4.69, 9.17) is 4.74 Å². The zero-order valence-electron chi connectivity index (χ0n) is 17.1. The Morgan fingerprint density at radius 2 is 1.67 bits per heavy atom. The number of ketones is 1. The van der Waals surface area contributed by atoms with Gasteiger partial charge in [0, 0.05) is 5.56 Å². The lowest BCUT2D eigenvalue weighted by molar-refractivity contribution is 0.0724. The van der Waals surface area contributed by atoms with Crippen molar-refractivity contribution in [1.29, 1.82) is 0 Å². The lowest BCUT2D eigenvalue weighted by Crippen LogP contribution is -2.16. The van der Waals surface area contributed by atoms with Gasteiger partial charge >= 0.3 is 5.97 Å². The summed E-state index contributed by atoms with van der Waals surface area (Å²) in [5, 5.41) is 0. The van der Waals surface area contributed by atoms with E-state index in [1.807, 2.05) is 0 Å². The van der Waals surface area contributed by atoms with Gasteiger partial charge in [0.1, 0.15) is 22.9 Å². The van der Waals surface area contributed by atoms with E-state index in [1.165, 1.54) is 48.9 Å². The molecular weight excluding hydrogens is 386 g/mol. The summed E-state index contributed by atoms with van der Waals surface area (Å²) in [6, 6.07) is 8.22. The van der Waals surface area contributed by atoms with Crippen LogP contribution in [0.2, 0.25) is 0 Å². The Bertz CT molecular complexity index is 903. The quantitative estimate of drug-likeness (QED) is 0.222. The summed E-state index contributed by atoms with van der Waals surface area (Å²) in [6.45, 7) is 5.57. The summed E-state index contributed by atoms with van der Waals surface area (Å²) in [5.41, 5.74) is 0.272. The number of hydrogen-bond acceptors (Lipinski definition) is 3. The molecule has 0 saturated heterocycles. The Morgan fingerprint density at radius 3 is 2.20 bits per heavy atom. The molecular formula is C25H26F2O3. The average molecular weight is 412 g/mol. The fourth-order valence-electron chi connectivity index (χ4n) is 4.18. The summed E-state index contributed by atoms with van der Waals surface area (Å²) >= 11 is 0. The van der Waals surface area contributed by atoms with Gasteiger partial charge in [-0.3, -0.25) is 4.79 Å². The first-order chi connectivity index (χ1) is 14.4. The maximum Gasteiger partial charge on any atom is 0.349 e. The molecule has 158 valence electrons. The van der Waals surface area contributed by atoms with Crippen LogP contribution in [0.1, 0.15) is 77.6 Å². The van der Waals surface area contributed by atoms with E-state index in [0.717, 1.165) is 32.1 Å². The van der Waals surface area contributed by atoms with Crippen molar-refractivity contribution in [3.63, 3.8) is 0 Å². The van der Waals surface area contributed by atoms with Crippen molar-refractivity contribution in [3.05, 3.63) is 77.4 Å². The van der Waals surface area contributed by atoms with Gasteiger partial charge in [-0.05, 0) is 85.6 Å². The van der Waals surface area contributed by atoms with E-state index < -0.39 is 23.2 Å². The summed E-state index contributed by atoms with van der Waals surface area (Å²) in [4.78, 5) is 23.9. The molecule has 5 heteroatoms. The van der Waals surface area contributed by atoms with Crippen LogP contribution in [0.15, 0.2) is 49.1 Å². The topological polar surface area (TPSA) is 43.4 Å². The highest BCUT2D eigenvalue weighted by atomic mass is 19.1. The number of halogens is 2. The maximum atomic E-state index is 14.6. The first-order valence-electron chi connectivity index (χ1n) is 10.4. The molecule has 1 aliphatic carbocycles. The molecule has 0 bridgehead atoms. The number of benzene rings is 2. The first-order valence-corrected chi connectivity index (χ1v) is 10.4. The van der Waals surface area contributed by atoms with E-state index in [9.17, 15) is 18.4 Å². The molecule has 3 rings (SSSR count). The second-order valence-electron chi connectivity index (χ2n) is 7.85. The minimum atomic E-state index is -1.11. The van der Waals surface area contributed by atoms with Gasteiger partial charge in [-0.2, -0.15) is 0 Å². The van der Waals surface area contributed by atoms with E-state index in [1.54, 1.807) is 0 Å². The fraction of sp³-hybridized carbons (Fsp3) is 0.360. The molecule has 0 heterocycles. The molecule has 0 aliphatic heterocycles. The lowest BCUT2D eigenvalue weighted by atomic mass is 9.77. The smallest absolute Gasteiger partial charge is 0.349 e. The molecule has 1 aliphatic rings. The molecule has 0 atom stereocenters. The highest BCUT2D eigenvalue weighted by molar-refractivity contribution is 6.04. The van der Waals surface area contributed by atoms with Crippen molar-refractivity contribution in [2.45, 2.75) is 51.4 Å². The van der Waals surface area contributed by atoms with E-state index >= 15 is 0 Å². The Morgan fingerprint density at radius 1 is 1.07 bits per heavy atom. The van der Waals surface area contributed by atoms with Crippen molar-refractivity contribution < 1.29 is 23.1 Å². The van der Waals surface area contributed by atoms with E-state index in [2.05, 4.69) is 13.5 Å². The first kappa shape index (κ1) is 21.9. The van der Waals surface area contributed by atoms with Gasteiger partial charge < -0.3 is 4.74 Å². The second kappa shape index (κ2) is 9.79. The zero-order valence-corrected chi connectivity index (χ0v) is 17.1. The van der Waals surface area contributed by atoms with Gasteiger partial charge in [-0.25, -0.2) is 13.6 Å². The molecule has 2 aromatic carbocycles. The van der Waals surface area contributed by atoms with Gasteiger partial charge in [0.2, 0.25) is 0 Å². The highest BCUT2D eigenvalue weighted by Gasteiger charge is 2.26. The number of allylic oxidation sites excluding steroid dienone is 1. The van der Waals surface area contributed by atoms with Crippen LogP contribution >= 0.6 is 0 Å². The minimum Gasteiger partial charge on any atom is -0.423 e. The van der Waals surface area contributed by atoms with Crippen molar-refractivity contribution in [3.8, 4) is 5.75 Å². The Labute approximate surface area is 175 Å². The number of hydrogen-bond donors (Lipinski definition) is 0. The van der Waals surface area contributed by atoms with Gasteiger partial charge in [-0.1, -0.05) is 26.3 Å². The van der Waals surface area contributed by atoms with E-state index in [0.29, 0.717) is 17.0 Å². The monoisotopic (exact) mass is 412 g/mol. The minimum absolute atomic E-state index is 0.0951. The lowest BCUT2D eigenvalue weighted by Gasteiger charge is -2.28. The summed E-state index contributed by atoms with van der Waals surface area (Å²) < 4.78 is 34.4. The zero-order chi connectivity index (χ0) is 21.7. The highest BCUT2D eigenvalue weighted by Crippen LogP contribution is 2.38. The van der Waals surface area contributed by atoms with Crippen LogP contribution < -0.4 is 4.74 Å². The fourth-order valence-corrected chi connectivity index (χ4v) is 4.18. The van der Waals surface area contributed by atoms with Crippen molar-refractivity contribution in [2.24, 2.45) is 5.92 Å². The molecule has 30 heavy (non-hydrogen) atoms. The molecule has 1 saturated carbocycles. The van der Waals surface area contributed by atoms with Crippen LogP contribution in [0.5, 0.6) is 5.75 Å². The predicted molar refractivity (Wildman–Crippen MR) is 112 cm³/mol. The van der Waals surface area contributed by atoms with Crippen molar-refractivity contribution in [1.82, 2.24) is 0 Å². The van der Waals surface area contributed by atoms with Crippen LogP contribution in [0, 0.1) is 17.6 Å². The third-order valence-corrected chi connectivity index (χ3v) is 5.82. The van der Waals surface area contributed by atoms with Crippen molar-refractivity contribution >= 4 is 11.8 Å². The second-order valence-corrected chi connectivity index (χ2v) is 7.85. The Kier molecular flexibility index (Phi) is 7.14. The average Bonchev–Trinajstić information content (AvgIpc) is 2.74. The van der Waals surface area contributed by atoms with Gasteiger partial charge in [-0.15, -0.1) is 0 Å². The molecule has 0 aromatic heterocycles. The number of carbonyl (C=O) groups is 2.